The molecule has 0 aliphatic carbocycles. The third-order valence-corrected chi connectivity index (χ3v) is 2.47. The molecule has 0 spiro atoms. The zero-order chi connectivity index (χ0) is 10.4. The minimum atomic E-state index is 0.442. The summed E-state index contributed by atoms with van der Waals surface area (Å²) in [5.74, 6) is 0.442. The van der Waals surface area contributed by atoms with Crippen LogP contribution in [0.2, 0.25) is 0 Å². The van der Waals surface area contributed by atoms with Crippen molar-refractivity contribution in [3.8, 4) is 0 Å². The van der Waals surface area contributed by atoms with Crippen LogP contribution in [0.5, 0.6) is 0 Å². The van der Waals surface area contributed by atoms with E-state index in [1.807, 2.05) is 0 Å². The number of ether oxygens (including phenoxy) is 1. The zero-order valence-corrected chi connectivity index (χ0v) is 8.99. The molecule has 1 unspecified atom stereocenters. The van der Waals surface area contributed by atoms with E-state index in [0.29, 0.717) is 12.5 Å². The predicted octanol–water partition coefficient (Wildman–Crippen LogP) is 1.94. The Morgan fingerprint density at radius 3 is 2.86 bits per heavy atom. The monoisotopic (exact) mass is 193 g/mol. The van der Waals surface area contributed by atoms with Gasteiger partial charge in [-0.05, 0) is 30.0 Å². The average molecular weight is 193 g/mol. The molecule has 14 heavy (non-hydrogen) atoms. The van der Waals surface area contributed by atoms with Gasteiger partial charge in [0.05, 0.1) is 6.61 Å². The largest absolute Gasteiger partial charge is 0.384 e. The lowest BCUT2D eigenvalue weighted by atomic mass is 9.98. The molecular formula is C12H19NO. The third-order valence-electron chi connectivity index (χ3n) is 2.47. The van der Waals surface area contributed by atoms with Gasteiger partial charge < -0.3 is 10.5 Å². The lowest BCUT2D eigenvalue weighted by Crippen LogP contribution is -2.09. The second-order valence-electron chi connectivity index (χ2n) is 3.62. The summed E-state index contributed by atoms with van der Waals surface area (Å²) in [5.41, 5.74) is 8.27. The van der Waals surface area contributed by atoms with Gasteiger partial charge in [0.25, 0.3) is 0 Å². The average Bonchev–Trinajstić information content (AvgIpc) is 2.25. The second-order valence-corrected chi connectivity index (χ2v) is 3.62. The predicted molar refractivity (Wildman–Crippen MR) is 59.5 cm³/mol. The smallest absolute Gasteiger partial charge is 0.0502 e. The molecule has 0 radical (unpaired) electrons. The molecule has 0 heterocycles. The Hall–Kier alpha value is -0.860. The van der Waals surface area contributed by atoms with Crippen LogP contribution in [0.1, 0.15) is 24.0 Å². The Bertz CT molecular complexity index is 273. The summed E-state index contributed by atoms with van der Waals surface area (Å²) in [7, 11) is 1.73. The molecule has 0 aliphatic heterocycles. The third kappa shape index (κ3) is 3.13. The van der Waals surface area contributed by atoms with E-state index in [0.717, 1.165) is 13.0 Å². The van der Waals surface area contributed by atoms with Gasteiger partial charge >= 0.3 is 0 Å². The van der Waals surface area contributed by atoms with Gasteiger partial charge in [0.1, 0.15) is 0 Å². The molecule has 0 saturated heterocycles. The van der Waals surface area contributed by atoms with Crippen molar-refractivity contribution in [2.45, 2.75) is 19.3 Å². The maximum absolute atomic E-state index is 5.63. The van der Waals surface area contributed by atoms with Crippen molar-refractivity contribution >= 4 is 0 Å². The molecule has 1 aromatic rings. The molecule has 0 amide bonds. The topological polar surface area (TPSA) is 35.2 Å². The van der Waals surface area contributed by atoms with Crippen LogP contribution in [0.4, 0.5) is 0 Å². The first-order valence-electron chi connectivity index (χ1n) is 5.05. The van der Waals surface area contributed by atoms with E-state index in [4.69, 9.17) is 10.5 Å². The van der Waals surface area contributed by atoms with E-state index < -0.39 is 0 Å². The molecule has 0 bridgehead atoms. The van der Waals surface area contributed by atoms with Crippen molar-refractivity contribution in [3.63, 3.8) is 0 Å². The first kappa shape index (κ1) is 11.2. The number of hydrogen-bond acceptors (Lipinski definition) is 2. The summed E-state index contributed by atoms with van der Waals surface area (Å²) in [6, 6.07) is 8.57. The Balaban J connectivity index is 2.68. The maximum Gasteiger partial charge on any atom is 0.0502 e. The molecule has 1 rings (SSSR count). The summed E-state index contributed by atoms with van der Waals surface area (Å²) in [5, 5.41) is 0. The van der Waals surface area contributed by atoms with Crippen molar-refractivity contribution in [2.75, 3.05) is 20.3 Å². The lowest BCUT2D eigenvalue weighted by Gasteiger charge is -2.10. The Kier molecular flexibility index (Phi) is 4.63. The standard InChI is InChI=1S/C12H19NO/c1-10(9-13)12-5-3-4-11(8-12)6-7-14-2/h3-5,8,10H,6-7,9,13H2,1-2H3. The summed E-state index contributed by atoms with van der Waals surface area (Å²) < 4.78 is 5.05. The van der Waals surface area contributed by atoms with Crippen LogP contribution in [0, 0.1) is 0 Å². The molecule has 2 N–H and O–H groups in total. The van der Waals surface area contributed by atoms with Crippen molar-refractivity contribution < 1.29 is 4.74 Å². The van der Waals surface area contributed by atoms with Gasteiger partial charge in [-0.25, -0.2) is 0 Å². The van der Waals surface area contributed by atoms with Crippen LogP contribution in [0.15, 0.2) is 24.3 Å². The van der Waals surface area contributed by atoms with E-state index in [1.165, 1.54) is 11.1 Å². The van der Waals surface area contributed by atoms with Gasteiger partial charge in [-0.1, -0.05) is 31.2 Å². The molecule has 0 aliphatic rings. The highest BCUT2D eigenvalue weighted by molar-refractivity contribution is 5.26. The van der Waals surface area contributed by atoms with Crippen molar-refractivity contribution in [1.82, 2.24) is 0 Å². The van der Waals surface area contributed by atoms with E-state index in [9.17, 15) is 0 Å². The number of benzene rings is 1. The Labute approximate surface area is 86.1 Å². The fraction of sp³-hybridized carbons (Fsp3) is 0.500. The van der Waals surface area contributed by atoms with E-state index in [-0.39, 0.29) is 0 Å². The molecule has 2 nitrogen and oxygen atoms in total. The molecule has 0 fully saturated rings. The molecule has 0 aromatic heterocycles. The minimum Gasteiger partial charge on any atom is -0.384 e. The summed E-state index contributed by atoms with van der Waals surface area (Å²) in [4.78, 5) is 0. The SMILES string of the molecule is COCCc1cccc(C(C)CN)c1. The molecular weight excluding hydrogens is 174 g/mol. The highest BCUT2D eigenvalue weighted by Gasteiger charge is 2.03. The van der Waals surface area contributed by atoms with Gasteiger partial charge in [-0.2, -0.15) is 0 Å². The quantitative estimate of drug-likeness (QED) is 0.775. The van der Waals surface area contributed by atoms with E-state index in [2.05, 4.69) is 31.2 Å². The number of hydrogen-bond donors (Lipinski definition) is 1. The zero-order valence-electron chi connectivity index (χ0n) is 8.99. The van der Waals surface area contributed by atoms with Crippen molar-refractivity contribution in [1.29, 1.82) is 0 Å². The highest BCUT2D eigenvalue weighted by Crippen LogP contribution is 2.15. The van der Waals surface area contributed by atoms with Gasteiger partial charge in [-0.3, -0.25) is 0 Å². The Morgan fingerprint density at radius 1 is 1.43 bits per heavy atom. The maximum atomic E-state index is 5.63. The van der Waals surface area contributed by atoms with E-state index >= 15 is 0 Å². The first-order valence-corrected chi connectivity index (χ1v) is 5.05. The van der Waals surface area contributed by atoms with Crippen molar-refractivity contribution in [2.24, 2.45) is 5.73 Å². The van der Waals surface area contributed by atoms with Gasteiger partial charge in [0.15, 0.2) is 0 Å². The van der Waals surface area contributed by atoms with E-state index in [1.54, 1.807) is 7.11 Å². The Morgan fingerprint density at radius 2 is 2.21 bits per heavy atom. The second kappa shape index (κ2) is 5.78. The van der Waals surface area contributed by atoms with Gasteiger partial charge in [-0.15, -0.1) is 0 Å². The molecule has 1 atom stereocenters. The van der Waals surface area contributed by atoms with Crippen LogP contribution in [-0.2, 0) is 11.2 Å². The summed E-state index contributed by atoms with van der Waals surface area (Å²) >= 11 is 0. The summed E-state index contributed by atoms with van der Waals surface area (Å²) in [6.45, 7) is 3.63. The molecule has 1 aromatic carbocycles. The number of nitrogens with two attached hydrogens (primary N) is 1. The molecule has 2 heteroatoms. The van der Waals surface area contributed by atoms with Crippen molar-refractivity contribution in [3.05, 3.63) is 35.4 Å². The van der Waals surface area contributed by atoms with Crippen LogP contribution in [0.25, 0.3) is 0 Å². The van der Waals surface area contributed by atoms with Crippen LogP contribution < -0.4 is 5.73 Å². The number of rotatable bonds is 5. The first-order chi connectivity index (χ1) is 6.77. The molecule has 0 saturated carbocycles. The number of methoxy groups -OCH3 is 1. The molecule has 78 valence electrons. The summed E-state index contributed by atoms with van der Waals surface area (Å²) in [6.07, 6.45) is 0.974. The van der Waals surface area contributed by atoms with Gasteiger partial charge in [0, 0.05) is 7.11 Å². The normalized spacial score (nSPS) is 12.8. The minimum absolute atomic E-state index is 0.442. The fourth-order valence-electron chi connectivity index (χ4n) is 1.41. The van der Waals surface area contributed by atoms with Gasteiger partial charge in [0.2, 0.25) is 0 Å². The fourth-order valence-corrected chi connectivity index (χ4v) is 1.41. The lowest BCUT2D eigenvalue weighted by molar-refractivity contribution is 0.202. The van der Waals surface area contributed by atoms with Crippen LogP contribution >= 0.6 is 0 Å². The highest BCUT2D eigenvalue weighted by atomic mass is 16.5. The van der Waals surface area contributed by atoms with Crippen LogP contribution in [-0.4, -0.2) is 20.3 Å². The van der Waals surface area contributed by atoms with Crippen LogP contribution in [0.3, 0.4) is 0 Å².